The summed E-state index contributed by atoms with van der Waals surface area (Å²) in [5.41, 5.74) is 4.92. The second-order valence-corrected chi connectivity index (χ2v) is 8.49. The first-order chi connectivity index (χ1) is 16.6. The van der Waals surface area contributed by atoms with E-state index < -0.39 is 11.6 Å². The zero-order valence-corrected chi connectivity index (χ0v) is 18.4. The molecule has 34 heavy (non-hydrogen) atoms. The lowest BCUT2D eigenvalue weighted by atomic mass is 9.90. The third kappa shape index (κ3) is 3.03. The Morgan fingerprint density at radius 3 is 2.88 bits per heavy atom. The Hall–Kier alpha value is -4.03. The van der Waals surface area contributed by atoms with Crippen LogP contribution in [-0.2, 0) is 13.0 Å². The molecule has 0 fully saturated rings. The van der Waals surface area contributed by atoms with Gasteiger partial charge in [0.15, 0.2) is 0 Å². The van der Waals surface area contributed by atoms with Crippen LogP contribution in [0, 0.1) is 29.9 Å². The molecular weight excluding hydrogens is 438 g/mol. The standard InChI is InChI=1S/C25H20F2N6O/c1-12-17(11-31-25-23(12)30-4-5-34-25)24-16-8-15(14(9-28)7-20(16)32-33-24)21-19(26)6-13-2-3-29-10-18(13)22(21)27/h6-8,11,29-30H,2-5,10H2,1H3,(H,32,33). The Labute approximate surface area is 193 Å². The van der Waals surface area contributed by atoms with E-state index >= 15 is 8.78 Å². The SMILES string of the molecule is Cc1c(-c2n[nH]c3cc(C#N)c(-c4c(F)cc5c(c4F)CNCC5)cc23)cnc2c1NCCO2. The van der Waals surface area contributed by atoms with Crippen molar-refractivity contribution >= 4 is 16.6 Å². The van der Waals surface area contributed by atoms with E-state index in [1.807, 2.05) is 6.92 Å². The number of anilines is 1. The number of hydrogen-bond donors (Lipinski definition) is 3. The van der Waals surface area contributed by atoms with E-state index in [9.17, 15) is 5.26 Å². The Balaban J connectivity index is 1.58. The van der Waals surface area contributed by atoms with E-state index in [1.165, 1.54) is 6.07 Å². The molecule has 2 aliphatic rings. The van der Waals surface area contributed by atoms with Crippen molar-refractivity contribution in [3.05, 3.63) is 58.3 Å². The summed E-state index contributed by atoms with van der Waals surface area (Å²) in [7, 11) is 0. The third-order valence-corrected chi connectivity index (χ3v) is 6.58. The summed E-state index contributed by atoms with van der Waals surface area (Å²) in [6, 6.07) is 6.70. The van der Waals surface area contributed by atoms with Crippen LogP contribution in [0.3, 0.4) is 0 Å². The van der Waals surface area contributed by atoms with Gasteiger partial charge in [0.2, 0.25) is 5.88 Å². The summed E-state index contributed by atoms with van der Waals surface area (Å²) in [4.78, 5) is 4.42. The monoisotopic (exact) mass is 458 g/mol. The Morgan fingerprint density at radius 2 is 2.03 bits per heavy atom. The third-order valence-electron chi connectivity index (χ3n) is 6.58. The highest BCUT2D eigenvalue weighted by molar-refractivity contribution is 5.98. The smallest absolute Gasteiger partial charge is 0.237 e. The summed E-state index contributed by atoms with van der Waals surface area (Å²) >= 11 is 0. The minimum Gasteiger partial charge on any atom is -0.474 e. The average molecular weight is 458 g/mol. The Kier molecular flexibility index (Phi) is 4.71. The van der Waals surface area contributed by atoms with Crippen molar-refractivity contribution in [2.75, 3.05) is 25.0 Å². The van der Waals surface area contributed by atoms with Crippen LogP contribution in [0.4, 0.5) is 14.5 Å². The number of aromatic nitrogens is 3. The molecule has 0 saturated heterocycles. The topological polar surface area (TPSA) is 98.7 Å². The van der Waals surface area contributed by atoms with Gasteiger partial charge in [-0.3, -0.25) is 5.10 Å². The maximum Gasteiger partial charge on any atom is 0.237 e. The van der Waals surface area contributed by atoms with Crippen molar-refractivity contribution in [3.8, 4) is 34.3 Å². The fraction of sp³-hybridized carbons (Fsp3) is 0.240. The lowest BCUT2D eigenvalue weighted by Gasteiger charge is -2.21. The van der Waals surface area contributed by atoms with E-state index in [0.29, 0.717) is 66.3 Å². The molecule has 4 heterocycles. The number of fused-ring (bicyclic) bond motifs is 3. The molecule has 2 aromatic carbocycles. The molecule has 0 radical (unpaired) electrons. The van der Waals surface area contributed by atoms with Crippen LogP contribution in [0.5, 0.6) is 5.88 Å². The lowest BCUT2D eigenvalue weighted by Crippen LogP contribution is -2.25. The van der Waals surface area contributed by atoms with Gasteiger partial charge in [-0.25, -0.2) is 13.8 Å². The number of H-pyrrole nitrogens is 1. The molecule has 0 unspecified atom stereocenters. The zero-order valence-electron chi connectivity index (χ0n) is 18.4. The molecule has 0 atom stereocenters. The lowest BCUT2D eigenvalue weighted by molar-refractivity contribution is 0.310. The molecule has 170 valence electrons. The second-order valence-electron chi connectivity index (χ2n) is 8.49. The number of aromatic amines is 1. The number of nitrogens with zero attached hydrogens (tertiary/aromatic N) is 3. The van der Waals surface area contributed by atoms with Gasteiger partial charge in [-0.1, -0.05) is 0 Å². The number of hydrogen-bond acceptors (Lipinski definition) is 6. The number of nitrogens with one attached hydrogen (secondary N) is 3. The normalized spacial score (nSPS) is 14.6. The fourth-order valence-corrected chi connectivity index (χ4v) is 4.84. The van der Waals surface area contributed by atoms with Crippen molar-refractivity contribution in [2.45, 2.75) is 19.9 Å². The van der Waals surface area contributed by atoms with E-state index in [0.717, 1.165) is 16.8 Å². The number of rotatable bonds is 2. The predicted molar refractivity (Wildman–Crippen MR) is 124 cm³/mol. The van der Waals surface area contributed by atoms with Gasteiger partial charge in [-0.2, -0.15) is 10.4 Å². The summed E-state index contributed by atoms with van der Waals surface area (Å²) < 4.78 is 36.4. The quantitative estimate of drug-likeness (QED) is 0.417. The van der Waals surface area contributed by atoms with Crippen molar-refractivity contribution in [3.63, 3.8) is 0 Å². The van der Waals surface area contributed by atoms with Crippen LogP contribution >= 0.6 is 0 Å². The van der Waals surface area contributed by atoms with Gasteiger partial charge in [-0.15, -0.1) is 0 Å². The van der Waals surface area contributed by atoms with Crippen LogP contribution in [0.1, 0.15) is 22.3 Å². The number of halogens is 2. The van der Waals surface area contributed by atoms with Gasteiger partial charge in [0, 0.05) is 41.4 Å². The summed E-state index contributed by atoms with van der Waals surface area (Å²) in [5.74, 6) is -0.769. The molecule has 0 bridgehead atoms. The highest BCUT2D eigenvalue weighted by atomic mass is 19.1. The maximum atomic E-state index is 15.6. The molecule has 3 N–H and O–H groups in total. The Bertz CT molecular complexity index is 1520. The van der Waals surface area contributed by atoms with Gasteiger partial charge < -0.3 is 15.4 Å². The van der Waals surface area contributed by atoms with Gasteiger partial charge in [-0.05, 0) is 49.2 Å². The van der Waals surface area contributed by atoms with Crippen LogP contribution in [0.2, 0.25) is 0 Å². The van der Waals surface area contributed by atoms with Crippen molar-refractivity contribution in [2.24, 2.45) is 0 Å². The highest BCUT2D eigenvalue weighted by Gasteiger charge is 2.25. The van der Waals surface area contributed by atoms with Crippen LogP contribution in [0.15, 0.2) is 24.4 Å². The van der Waals surface area contributed by atoms with Crippen molar-refractivity contribution < 1.29 is 13.5 Å². The molecule has 0 spiro atoms. The summed E-state index contributed by atoms with van der Waals surface area (Å²) in [5, 5.41) is 24.3. The van der Waals surface area contributed by atoms with E-state index in [-0.39, 0.29) is 16.7 Å². The maximum absolute atomic E-state index is 15.6. The predicted octanol–water partition coefficient (Wildman–Crippen LogP) is 4.20. The number of ether oxygens (including phenoxy) is 1. The minimum absolute atomic E-state index is 0.166. The molecule has 4 aromatic rings. The van der Waals surface area contributed by atoms with Gasteiger partial charge >= 0.3 is 0 Å². The summed E-state index contributed by atoms with van der Waals surface area (Å²) in [6.45, 7) is 4.15. The number of nitriles is 1. The molecule has 0 amide bonds. The Morgan fingerprint density at radius 1 is 1.15 bits per heavy atom. The van der Waals surface area contributed by atoms with Crippen LogP contribution < -0.4 is 15.4 Å². The van der Waals surface area contributed by atoms with E-state index in [1.54, 1.807) is 18.3 Å². The van der Waals surface area contributed by atoms with E-state index in [2.05, 4.69) is 31.9 Å². The average Bonchev–Trinajstić information content (AvgIpc) is 3.26. The molecule has 7 nitrogen and oxygen atoms in total. The molecule has 2 aliphatic heterocycles. The van der Waals surface area contributed by atoms with Gasteiger partial charge in [0.05, 0.1) is 22.7 Å². The number of pyridine rings is 1. The largest absolute Gasteiger partial charge is 0.474 e. The zero-order chi connectivity index (χ0) is 23.4. The number of benzene rings is 2. The molecule has 6 rings (SSSR count). The summed E-state index contributed by atoms with van der Waals surface area (Å²) in [6.07, 6.45) is 2.24. The first-order valence-corrected chi connectivity index (χ1v) is 11.1. The van der Waals surface area contributed by atoms with Gasteiger partial charge in [0.1, 0.15) is 29.6 Å². The minimum atomic E-state index is -0.674. The molecule has 0 aliphatic carbocycles. The fourth-order valence-electron chi connectivity index (χ4n) is 4.84. The molecule has 2 aromatic heterocycles. The van der Waals surface area contributed by atoms with Crippen molar-refractivity contribution in [1.82, 2.24) is 20.5 Å². The second kappa shape index (κ2) is 7.78. The van der Waals surface area contributed by atoms with Crippen LogP contribution in [0.25, 0.3) is 33.3 Å². The van der Waals surface area contributed by atoms with Crippen molar-refractivity contribution in [1.29, 1.82) is 5.26 Å². The highest BCUT2D eigenvalue weighted by Crippen LogP contribution is 2.40. The molecule has 0 saturated carbocycles. The van der Waals surface area contributed by atoms with E-state index in [4.69, 9.17) is 4.74 Å². The van der Waals surface area contributed by atoms with Crippen LogP contribution in [-0.4, -0.2) is 34.9 Å². The first kappa shape index (κ1) is 20.6. The van der Waals surface area contributed by atoms with Gasteiger partial charge in [0.25, 0.3) is 0 Å². The molecule has 9 heteroatoms. The molecular formula is C25H20F2N6O. The first-order valence-electron chi connectivity index (χ1n) is 11.1.